The highest BCUT2D eigenvalue weighted by Gasteiger charge is 2.35. The highest BCUT2D eigenvalue weighted by molar-refractivity contribution is 5.58. The molecule has 0 bridgehead atoms. The maximum Gasteiger partial charge on any atom is 0.123 e. The lowest BCUT2D eigenvalue weighted by Gasteiger charge is -1.86. The van der Waals surface area contributed by atoms with Gasteiger partial charge in [-0.1, -0.05) is 19.8 Å². The fourth-order valence-corrected chi connectivity index (χ4v) is 1.14. The molecular formula is C7H12O. The summed E-state index contributed by atoms with van der Waals surface area (Å²) in [7, 11) is 0. The lowest BCUT2D eigenvalue weighted by Crippen LogP contribution is -1.81. The molecule has 2 atom stereocenters. The van der Waals surface area contributed by atoms with Crippen LogP contribution in [-0.4, -0.2) is 6.29 Å². The maximum atomic E-state index is 10.1. The molecule has 0 unspecified atom stereocenters. The van der Waals surface area contributed by atoms with Crippen molar-refractivity contribution in [3.8, 4) is 0 Å². The Labute approximate surface area is 50.1 Å². The first-order valence-corrected chi connectivity index (χ1v) is 3.33. The smallest absolute Gasteiger partial charge is 0.123 e. The molecule has 0 aromatic carbocycles. The molecule has 0 spiro atoms. The summed E-state index contributed by atoms with van der Waals surface area (Å²) < 4.78 is 0. The normalized spacial score (nSPS) is 34.6. The quantitative estimate of drug-likeness (QED) is 0.507. The van der Waals surface area contributed by atoms with Gasteiger partial charge in [0.05, 0.1) is 0 Å². The van der Waals surface area contributed by atoms with Crippen LogP contribution in [0.5, 0.6) is 0 Å². The fourth-order valence-electron chi connectivity index (χ4n) is 1.14. The van der Waals surface area contributed by atoms with E-state index in [4.69, 9.17) is 0 Å². The van der Waals surface area contributed by atoms with Gasteiger partial charge in [-0.25, -0.2) is 0 Å². The summed E-state index contributed by atoms with van der Waals surface area (Å²) in [5, 5.41) is 0. The number of carbonyl (C=O) groups excluding carboxylic acids is 1. The summed E-state index contributed by atoms with van der Waals surface area (Å²) in [6.45, 7) is 2.17. The monoisotopic (exact) mass is 112 g/mol. The minimum atomic E-state index is 0.440. The van der Waals surface area contributed by atoms with Gasteiger partial charge >= 0.3 is 0 Å². The lowest BCUT2D eigenvalue weighted by atomic mass is 10.2. The number of aldehydes is 1. The van der Waals surface area contributed by atoms with E-state index >= 15 is 0 Å². The van der Waals surface area contributed by atoms with Crippen molar-refractivity contribution in [3.05, 3.63) is 0 Å². The van der Waals surface area contributed by atoms with Crippen LogP contribution in [0.1, 0.15) is 26.2 Å². The van der Waals surface area contributed by atoms with Gasteiger partial charge in [0.1, 0.15) is 6.29 Å². The Morgan fingerprint density at radius 1 is 1.75 bits per heavy atom. The molecule has 0 amide bonds. The van der Waals surface area contributed by atoms with Crippen LogP contribution in [-0.2, 0) is 4.79 Å². The van der Waals surface area contributed by atoms with E-state index in [1.165, 1.54) is 12.8 Å². The van der Waals surface area contributed by atoms with Crippen LogP contribution < -0.4 is 0 Å². The van der Waals surface area contributed by atoms with E-state index in [1.807, 2.05) is 0 Å². The van der Waals surface area contributed by atoms with Crippen molar-refractivity contribution >= 4 is 6.29 Å². The van der Waals surface area contributed by atoms with Crippen molar-refractivity contribution in [2.45, 2.75) is 26.2 Å². The van der Waals surface area contributed by atoms with Gasteiger partial charge in [-0.15, -0.1) is 0 Å². The number of hydrogen-bond acceptors (Lipinski definition) is 1. The van der Waals surface area contributed by atoms with E-state index in [9.17, 15) is 4.79 Å². The zero-order valence-electron chi connectivity index (χ0n) is 5.26. The molecule has 0 heterocycles. The third-order valence-corrected chi connectivity index (χ3v) is 1.81. The van der Waals surface area contributed by atoms with Crippen molar-refractivity contribution in [3.63, 3.8) is 0 Å². The van der Waals surface area contributed by atoms with Crippen molar-refractivity contribution in [1.29, 1.82) is 0 Å². The van der Waals surface area contributed by atoms with Crippen LogP contribution in [0.3, 0.4) is 0 Å². The zero-order chi connectivity index (χ0) is 5.98. The lowest BCUT2D eigenvalue weighted by molar-refractivity contribution is -0.109. The second-order valence-corrected chi connectivity index (χ2v) is 2.58. The summed E-state index contributed by atoms with van der Waals surface area (Å²) in [4.78, 5) is 10.1. The Hall–Kier alpha value is -0.330. The van der Waals surface area contributed by atoms with Crippen molar-refractivity contribution < 1.29 is 4.79 Å². The molecule has 1 fully saturated rings. The van der Waals surface area contributed by atoms with Crippen molar-refractivity contribution in [2.24, 2.45) is 11.8 Å². The number of hydrogen-bond donors (Lipinski definition) is 0. The topological polar surface area (TPSA) is 17.1 Å². The van der Waals surface area contributed by atoms with Crippen LogP contribution in [0.15, 0.2) is 0 Å². The minimum absolute atomic E-state index is 0.440. The predicted molar refractivity (Wildman–Crippen MR) is 32.6 cm³/mol. The zero-order valence-corrected chi connectivity index (χ0v) is 5.26. The van der Waals surface area contributed by atoms with Gasteiger partial charge in [0.25, 0.3) is 0 Å². The molecule has 46 valence electrons. The molecule has 1 nitrogen and oxygen atoms in total. The standard InChI is InChI=1S/C7H12O/c1-2-3-6-4-7(6)5-8/h5-7H,2-4H2,1H3/t6-,7-/m1/s1. The van der Waals surface area contributed by atoms with Gasteiger partial charge in [0, 0.05) is 5.92 Å². The molecule has 0 aliphatic heterocycles. The number of rotatable bonds is 3. The third-order valence-electron chi connectivity index (χ3n) is 1.81. The van der Waals surface area contributed by atoms with E-state index in [0.717, 1.165) is 18.6 Å². The van der Waals surface area contributed by atoms with Crippen LogP contribution in [0.4, 0.5) is 0 Å². The SMILES string of the molecule is CCC[C@@H]1C[C@@H]1C=O. The number of carbonyl (C=O) groups is 1. The Morgan fingerprint density at radius 3 is 2.88 bits per heavy atom. The van der Waals surface area contributed by atoms with Gasteiger partial charge in [0.2, 0.25) is 0 Å². The molecule has 8 heavy (non-hydrogen) atoms. The molecule has 1 rings (SSSR count). The minimum Gasteiger partial charge on any atom is -0.303 e. The molecule has 0 radical (unpaired) electrons. The van der Waals surface area contributed by atoms with Crippen LogP contribution in [0, 0.1) is 11.8 Å². The first-order chi connectivity index (χ1) is 3.88. The second kappa shape index (κ2) is 2.29. The van der Waals surface area contributed by atoms with E-state index < -0.39 is 0 Å². The third kappa shape index (κ3) is 1.09. The van der Waals surface area contributed by atoms with E-state index in [1.54, 1.807) is 0 Å². The molecule has 0 N–H and O–H groups in total. The Balaban J connectivity index is 2.07. The largest absolute Gasteiger partial charge is 0.303 e. The molecule has 0 saturated heterocycles. The Kier molecular flexibility index (Phi) is 1.66. The first kappa shape index (κ1) is 5.80. The molecule has 0 aromatic rings. The van der Waals surface area contributed by atoms with E-state index in [2.05, 4.69) is 6.92 Å². The van der Waals surface area contributed by atoms with Crippen molar-refractivity contribution in [1.82, 2.24) is 0 Å². The first-order valence-electron chi connectivity index (χ1n) is 3.33. The van der Waals surface area contributed by atoms with Crippen molar-refractivity contribution in [2.75, 3.05) is 0 Å². The average Bonchev–Trinajstić information content (AvgIpc) is 2.48. The predicted octanol–water partition coefficient (Wildman–Crippen LogP) is 1.62. The van der Waals surface area contributed by atoms with Gasteiger partial charge < -0.3 is 4.79 Å². The Morgan fingerprint density at radius 2 is 2.50 bits per heavy atom. The summed E-state index contributed by atoms with van der Waals surface area (Å²) >= 11 is 0. The van der Waals surface area contributed by atoms with Gasteiger partial charge in [-0.05, 0) is 12.3 Å². The highest BCUT2D eigenvalue weighted by Crippen LogP contribution is 2.39. The molecule has 1 aliphatic rings. The molecule has 1 heteroatoms. The van der Waals surface area contributed by atoms with Gasteiger partial charge in [-0.2, -0.15) is 0 Å². The summed E-state index contributed by atoms with van der Waals surface area (Å²) in [5.41, 5.74) is 0. The summed E-state index contributed by atoms with van der Waals surface area (Å²) in [6, 6.07) is 0. The molecular weight excluding hydrogens is 100 g/mol. The Bertz CT molecular complexity index is 88.4. The average molecular weight is 112 g/mol. The second-order valence-electron chi connectivity index (χ2n) is 2.58. The van der Waals surface area contributed by atoms with E-state index in [-0.39, 0.29) is 0 Å². The van der Waals surface area contributed by atoms with E-state index in [0.29, 0.717) is 5.92 Å². The maximum absolute atomic E-state index is 10.1. The fraction of sp³-hybridized carbons (Fsp3) is 0.857. The van der Waals surface area contributed by atoms with Crippen LogP contribution in [0.25, 0.3) is 0 Å². The van der Waals surface area contributed by atoms with Crippen LogP contribution >= 0.6 is 0 Å². The summed E-state index contributed by atoms with van der Waals surface area (Å²) in [5.74, 6) is 1.20. The molecule has 0 aromatic heterocycles. The molecule has 1 aliphatic carbocycles. The van der Waals surface area contributed by atoms with Crippen LogP contribution in [0.2, 0.25) is 0 Å². The van der Waals surface area contributed by atoms with Gasteiger partial charge in [0.15, 0.2) is 0 Å². The molecule has 1 saturated carbocycles. The summed E-state index contributed by atoms with van der Waals surface area (Å²) in [6.07, 6.45) is 4.75. The van der Waals surface area contributed by atoms with Gasteiger partial charge in [-0.3, -0.25) is 0 Å². The highest BCUT2D eigenvalue weighted by atomic mass is 16.1.